The van der Waals surface area contributed by atoms with Gasteiger partial charge in [-0.15, -0.1) is 5.10 Å². The molecule has 1 aromatic heterocycles. The second-order valence-electron chi connectivity index (χ2n) is 4.55. The lowest BCUT2D eigenvalue weighted by molar-refractivity contribution is 0.569. The van der Waals surface area contributed by atoms with Crippen molar-refractivity contribution in [3.05, 3.63) is 35.5 Å². The summed E-state index contributed by atoms with van der Waals surface area (Å²) in [6.45, 7) is 3.51. The fourth-order valence-corrected chi connectivity index (χ4v) is 3.31. The number of nitrogens with one attached hydrogen (secondary N) is 1. The van der Waals surface area contributed by atoms with Gasteiger partial charge in [0.1, 0.15) is 9.92 Å². The first-order valence-corrected chi connectivity index (χ1v) is 7.80. The van der Waals surface area contributed by atoms with Crippen LogP contribution in [0.5, 0.6) is 0 Å². The Hall–Kier alpha value is -1.57. The molecule has 108 valence electrons. The lowest BCUT2D eigenvalue weighted by Crippen LogP contribution is -2.31. The van der Waals surface area contributed by atoms with Crippen LogP contribution >= 0.6 is 11.6 Å². The molecule has 0 unspecified atom stereocenters. The fraction of sp³-hybridized carbons (Fsp3) is 0.250. The molecule has 3 N–H and O–H groups in total. The Labute approximate surface area is 122 Å². The van der Waals surface area contributed by atoms with Crippen molar-refractivity contribution in [2.75, 3.05) is 5.73 Å². The van der Waals surface area contributed by atoms with E-state index < -0.39 is 10.0 Å². The van der Waals surface area contributed by atoms with Crippen LogP contribution in [-0.2, 0) is 10.0 Å². The zero-order chi connectivity index (χ0) is 14.9. The highest BCUT2D eigenvalue weighted by Gasteiger charge is 2.21. The summed E-state index contributed by atoms with van der Waals surface area (Å²) in [5.74, 6) is 0.149. The van der Waals surface area contributed by atoms with E-state index in [0.29, 0.717) is 5.69 Å². The van der Waals surface area contributed by atoms with Crippen LogP contribution in [-0.4, -0.2) is 24.2 Å². The van der Waals surface area contributed by atoms with Gasteiger partial charge in [0, 0.05) is 6.04 Å². The molecular weight excluding hydrogens is 300 g/mol. The molecule has 0 aliphatic carbocycles. The number of hydrogen-bond donors (Lipinski definition) is 2. The first-order chi connectivity index (χ1) is 9.31. The third-order valence-corrected chi connectivity index (χ3v) is 4.49. The number of hydrogen-bond acceptors (Lipinski definition) is 4. The number of halogens is 1. The van der Waals surface area contributed by atoms with Crippen molar-refractivity contribution in [3.8, 4) is 5.69 Å². The van der Waals surface area contributed by atoms with Crippen molar-refractivity contribution in [3.63, 3.8) is 0 Å². The summed E-state index contributed by atoms with van der Waals surface area (Å²) in [5, 5.41) is 4.28. The highest BCUT2D eigenvalue weighted by Crippen LogP contribution is 2.23. The van der Waals surface area contributed by atoms with Gasteiger partial charge in [0.05, 0.1) is 11.9 Å². The van der Waals surface area contributed by atoms with Gasteiger partial charge in [-0.3, -0.25) is 0 Å². The van der Waals surface area contributed by atoms with Gasteiger partial charge in [0.15, 0.2) is 5.82 Å². The van der Waals surface area contributed by atoms with Crippen molar-refractivity contribution in [1.82, 2.24) is 14.5 Å². The molecule has 0 saturated heterocycles. The monoisotopic (exact) mass is 314 g/mol. The largest absolute Gasteiger partial charge is 0.381 e. The van der Waals surface area contributed by atoms with Crippen molar-refractivity contribution in [2.24, 2.45) is 0 Å². The normalized spacial score (nSPS) is 12.0. The fourth-order valence-electron chi connectivity index (χ4n) is 1.74. The second kappa shape index (κ2) is 5.43. The zero-order valence-electron chi connectivity index (χ0n) is 11.0. The first kappa shape index (κ1) is 14.8. The number of para-hydroxylation sites is 1. The van der Waals surface area contributed by atoms with Gasteiger partial charge >= 0.3 is 0 Å². The molecule has 0 aliphatic heterocycles. The van der Waals surface area contributed by atoms with Crippen LogP contribution in [0.2, 0.25) is 5.02 Å². The third kappa shape index (κ3) is 2.95. The summed E-state index contributed by atoms with van der Waals surface area (Å²) in [7, 11) is -3.64. The molecule has 1 aromatic carbocycles. The van der Waals surface area contributed by atoms with Gasteiger partial charge in [-0.05, 0) is 26.0 Å². The number of aromatic nitrogens is 2. The molecule has 0 amide bonds. The molecule has 0 radical (unpaired) electrons. The highest BCUT2D eigenvalue weighted by atomic mass is 35.5. The Morgan fingerprint density at radius 1 is 1.35 bits per heavy atom. The molecule has 0 fully saturated rings. The van der Waals surface area contributed by atoms with Gasteiger partial charge in [0.2, 0.25) is 10.0 Å². The summed E-state index contributed by atoms with van der Waals surface area (Å²) in [6, 6.07) is 6.30. The van der Waals surface area contributed by atoms with Gasteiger partial charge < -0.3 is 5.73 Å². The van der Waals surface area contributed by atoms with Gasteiger partial charge in [-0.1, -0.05) is 23.7 Å². The number of nitrogen functional groups attached to an aromatic ring is 1. The zero-order valence-corrected chi connectivity index (χ0v) is 12.6. The third-order valence-electron chi connectivity index (χ3n) is 2.49. The van der Waals surface area contributed by atoms with Crippen molar-refractivity contribution in [2.45, 2.75) is 24.8 Å². The first-order valence-electron chi connectivity index (χ1n) is 5.93. The standard InChI is InChI=1S/C12H15ClN4O2S/c1-8(2)16-20(18,19)11-6-4-3-5-10(11)17-7-9(13)12(14)15-17/h3-8,16H,1-2H3,(H2,14,15). The minimum Gasteiger partial charge on any atom is -0.381 e. The van der Waals surface area contributed by atoms with E-state index in [2.05, 4.69) is 9.82 Å². The van der Waals surface area contributed by atoms with E-state index in [9.17, 15) is 8.42 Å². The van der Waals surface area contributed by atoms with Crippen molar-refractivity contribution in [1.29, 1.82) is 0 Å². The number of nitrogens with two attached hydrogens (primary N) is 1. The smallest absolute Gasteiger partial charge is 0.242 e. The maximum atomic E-state index is 12.3. The summed E-state index contributed by atoms with van der Waals surface area (Å²) in [5.41, 5.74) is 5.98. The highest BCUT2D eigenvalue weighted by molar-refractivity contribution is 7.89. The second-order valence-corrected chi connectivity index (χ2v) is 6.64. The predicted octanol–water partition coefficient (Wildman–Crippen LogP) is 1.79. The van der Waals surface area contributed by atoms with E-state index >= 15 is 0 Å². The number of anilines is 1. The number of rotatable bonds is 4. The quantitative estimate of drug-likeness (QED) is 0.900. The minimum absolute atomic E-state index is 0.118. The SMILES string of the molecule is CC(C)NS(=O)(=O)c1ccccc1-n1cc(Cl)c(N)n1. The average molecular weight is 315 g/mol. The maximum Gasteiger partial charge on any atom is 0.242 e. The molecule has 20 heavy (non-hydrogen) atoms. The lowest BCUT2D eigenvalue weighted by atomic mass is 10.3. The Morgan fingerprint density at radius 2 is 2.00 bits per heavy atom. The van der Waals surface area contributed by atoms with E-state index in [1.165, 1.54) is 16.9 Å². The number of nitrogens with zero attached hydrogens (tertiary/aromatic N) is 2. The van der Waals surface area contributed by atoms with Crippen LogP contribution in [0.1, 0.15) is 13.8 Å². The molecule has 0 atom stereocenters. The van der Waals surface area contributed by atoms with Crippen molar-refractivity contribution < 1.29 is 8.42 Å². The maximum absolute atomic E-state index is 12.3. The van der Waals surface area contributed by atoms with Crippen LogP contribution in [0, 0.1) is 0 Å². The van der Waals surface area contributed by atoms with E-state index in [1.807, 2.05) is 0 Å². The molecule has 2 aromatic rings. The Balaban J connectivity index is 2.57. The van der Waals surface area contributed by atoms with E-state index in [1.54, 1.807) is 32.0 Å². The van der Waals surface area contributed by atoms with E-state index in [4.69, 9.17) is 17.3 Å². The van der Waals surface area contributed by atoms with Crippen LogP contribution in [0.4, 0.5) is 5.82 Å². The summed E-state index contributed by atoms with van der Waals surface area (Å²) in [4.78, 5) is 0.118. The Kier molecular flexibility index (Phi) is 4.03. The topological polar surface area (TPSA) is 90.0 Å². The van der Waals surface area contributed by atoms with Crippen LogP contribution in [0.3, 0.4) is 0 Å². The van der Waals surface area contributed by atoms with Gasteiger partial charge in [-0.25, -0.2) is 17.8 Å². The number of benzene rings is 1. The van der Waals surface area contributed by atoms with Gasteiger partial charge in [0.25, 0.3) is 0 Å². The lowest BCUT2D eigenvalue weighted by Gasteiger charge is -2.13. The molecule has 6 nitrogen and oxygen atoms in total. The molecule has 2 rings (SSSR count). The van der Waals surface area contributed by atoms with E-state index in [-0.39, 0.29) is 21.8 Å². The van der Waals surface area contributed by atoms with Crippen LogP contribution in [0.25, 0.3) is 5.69 Å². The molecule has 0 bridgehead atoms. The Morgan fingerprint density at radius 3 is 2.55 bits per heavy atom. The summed E-state index contributed by atoms with van der Waals surface area (Å²) >= 11 is 5.86. The number of sulfonamides is 1. The summed E-state index contributed by atoms with van der Waals surface area (Å²) in [6.07, 6.45) is 1.47. The molecule has 8 heteroatoms. The molecule has 0 aliphatic rings. The van der Waals surface area contributed by atoms with Crippen molar-refractivity contribution >= 4 is 27.4 Å². The predicted molar refractivity (Wildman–Crippen MR) is 78.4 cm³/mol. The molecule has 0 spiro atoms. The average Bonchev–Trinajstić information content (AvgIpc) is 2.68. The minimum atomic E-state index is -3.64. The van der Waals surface area contributed by atoms with Crippen LogP contribution in [0.15, 0.2) is 35.4 Å². The van der Waals surface area contributed by atoms with Crippen LogP contribution < -0.4 is 10.5 Å². The van der Waals surface area contributed by atoms with Gasteiger partial charge in [-0.2, -0.15) is 0 Å². The molecule has 1 heterocycles. The molecular formula is C12H15ClN4O2S. The summed E-state index contributed by atoms with van der Waals surface area (Å²) < 4.78 is 28.5. The Bertz CT molecular complexity index is 705. The molecule has 0 saturated carbocycles. The van der Waals surface area contributed by atoms with E-state index in [0.717, 1.165) is 0 Å².